The number of nitrogens with one attached hydrogen (secondary N) is 1. The second-order valence-electron chi connectivity index (χ2n) is 5.27. The minimum Gasteiger partial charge on any atom is -0.443 e. The summed E-state index contributed by atoms with van der Waals surface area (Å²) in [6.07, 6.45) is 3.30. The standard InChI is InChI=1S/C18H17N3O3/c1-12-15(11-22)20-18(24-12)16(14-8-5-9-19-10-14)21-17(23)13-6-3-2-4-7-13/h2-10,16,22H,11H2,1H3,(H,21,23). The number of hydrogen-bond donors (Lipinski definition) is 2. The van der Waals surface area contributed by atoms with Gasteiger partial charge in [0.15, 0.2) is 0 Å². The number of rotatable bonds is 5. The van der Waals surface area contributed by atoms with Gasteiger partial charge in [-0.3, -0.25) is 9.78 Å². The molecule has 1 amide bonds. The van der Waals surface area contributed by atoms with Gasteiger partial charge in [0.1, 0.15) is 17.5 Å². The van der Waals surface area contributed by atoms with E-state index in [1.807, 2.05) is 12.1 Å². The zero-order chi connectivity index (χ0) is 16.9. The van der Waals surface area contributed by atoms with Crippen LogP contribution >= 0.6 is 0 Å². The molecular weight excluding hydrogens is 306 g/mol. The van der Waals surface area contributed by atoms with Gasteiger partial charge >= 0.3 is 0 Å². The largest absolute Gasteiger partial charge is 0.443 e. The number of aliphatic hydroxyl groups is 1. The summed E-state index contributed by atoms with van der Waals surface area (Å²) in [5.41, 5.74) is 1.73. The molecule has 6 nitrogen and oxygen atoms in total. The van der Waals surface area contributed by atoms with Gasteiger partial charge in [-0.25, -0.2) is 4.98 Å². The molecule has 0 radical (unpaired) electrons. The van der Waals surface area contributed by atoms with E-state index in [0.717, 1.165) is 5.56 Å². The van der Waals surface area contributed by atoms with Gasteiger partial charge in [-0.05, 0) is 25.1 Å². The molecule has 1 atom stereocenters. The third-order valence-corrected chi connectivity index (χ3v) is 3.64. The number of oxazole rings is 1. The number of hydrogen-bond acceptors (Lipinski definition) is 5. The Labute approximate surface area is 139 Å². The highest BCUT2D eigenvalue weighted by atomic mass is 16.4. The van der Waals surface area contributed by atoms with E-state index in [4.69, 9.17) is 4.42 Å². The van der Waals surface area contributed by atoms with E-state index in [2.05, 4.69) is 15.3 Å². The van der Waals surface area contributed by atoms with E-state index in [0.29, 0.717) is 22.9 Å². The molecule has 2 aromatic heterocycles. The Morgan fingerprint density at radius 2 is 2.04 bits per heavy atom. The number of aryl methyl sites for hydroxylation is 1. The van der Waals surface area contributed by atoms with E-state index in [9.17, 15) is 9.90 Å². The van der Waals surface area contributed by atoms with Crippen molar-refractivity contribution >= 4 is 5.91 Å². The highest BCUT2D eigenvalue weighted by molar-refractivity contribution is 5.94. The lowest BCUT2D eigenvalue weighted by Gasteiger charge is -2.15. The molecule has 3 aromatic rings. The van der Waals surface area contributed by atoms with Crippen molar-refractivity contribution in [2.24, 2.45) is 0 Å². The molecule has 0 aliphatic carbocycles. The monoisotopic (exact) mass is 323 g/mol. The molecule has 2 heterocycles. The molecule has 0 spiro atoms. The first-order valence-corrected chi connectivity index (χ1v) is 7.52. The van der Waals surface area contributed by atoms with Crippen LogP contribution in [0.25, 0.3) is 0 Å². The Morgan fingerprint density at radius 1 is 1.25 bits per heavy atom. The summed E-state index contributed by atoms with van der Waals surface area (Å²) < 4.78 is 5.65. The third-order valence-electron chi connectivity index (χ3n) is 3.64. The number of benzene rings is 1. The van der Waals surface area contributed by atoms with Crippen molar-refractivity contribution in [2.75, 3.05) is 0 Å². The number of amides is 1. The van der Waals surface area contributed by atoms with Crippen LogP contribution in [0.15, 0.2) is 59.3 Å². The molecule has 0 saturated heterocycles. The maximum Gasteiger partial charge on any atom is 0.252 e. The fraction of sp³-hybridized carbons (Fsp3) is 0.167. The van der Waals surface area contributed by atoms with Gasteiger partial charge in [-0.15, -0.1) is 0 Å². The van der Waals surface area contributed by atoms with Crippen molar-refractivity contribution in [1.82, 2.24) is 15.3 Å². The summed E-state index contributed by atoms with van der Waals surface area (Å²) in [5, 5.41) is 12.2. The second-order valence-corrected chi connectivity index (χ2v) is 5.27. The lowest BCUT2D eigenvalue weighted by Crippen LogP contribution is -2.29. The highest BCUT2D eigenvalue weighted by Crippen LogP contribution is 2.23. The second kappa shape index (κ2) is 7.06. The zero-order valence-electron chi connectivity index (χ0n) is 13.1. The first-order chi connectivity index (χ1) is 11.7. The summed E-state index contributed by atoms with van der Waals surface area (Å²) in [7, 11) is 0. The average molecular weight is 323 g/mol. The fourth-order valence-electron chi connectivity index (χ4n) is 2.36. The van der Waals surface area contributed by atoms with Crippen LogP contribution in [0.2, 0.25) is 0 Å². The van der Waals surface area contributed by atoms with E-state index in [1.165, 1.54) is 0 Å². The minimum absolute atomic E-state index is 0.221. The Hall–Kier alpha value is -2.99. The summed E-state index contributed by atoms with van der Waals surface area (Å²) in [4.78, 5) is 20.9. The van der Waals surface area contributed by atoms with Crippen molar-refractivity contribution in [3.05, 3.63) is 83.3 Å². The van der Waals surface area contributed by atoms with Gasteiger partial charge in [0.05, 0.1) is 6.61 Å². The SMILES string of the molecule is Cc1oc(C(NC(=O)c2ccccc2)c2cccnc2)nc1CO. The molecule has 0 fully saturated rings. The topological polar surface area (TPSA) is 88.3 Å². The van der Waals surface area contributed by atoms with Crippen LogP contribution in [-0.4, -0.2) is 21.0 Å². The van der Waals surface area contributed by atoms with Gasteiger partial charge in [0, 0.05) is 23.5 Å². The maximum absolute atomic E-state index is 12.5. The smallest absolute Gasteiger partial charge is 0.252 e. The Morgan fingerprint density at radius 3 is 2.67 bits per heavy atom. The zero-order valence-corrected chi connectivity index (χ0v) is 13.1. The molecule has 122 valence electrons. The number of aromatic nitrogens is 2. The van der Waals surface area contributed by atoms with Crippen molar-refractivity contribution in [3.63, 3.8) is 0 Å². The van der Waals surface area contributed by atoms with Crippen LogP contribution in [0.1, 0.15) is 39.3 Å². The van der Waals surface area contributed by atoms with Crippen LogP contribution in [0.4, 0.5) is 0 Å². The fourth-order valence-corrected chi connectivity index (χ4v) is 2.36. The summed E-state index contributed by atoms with van der Waals surface area (Å²) >= 11 is 0. The van der Waals surface area contributed by atoms with E-state index < -0.39 is 6.04 Å². The number of nitrogens with zero attached hydrogens (tertiary/aromatic N) is 2. The molecule has 0 bridgehead atoms. The molecule has 0 aliphatic rings. The maximum atomic E-state index is 12.5. The van der Waals surface area contributed by atoms with Gasteiger partial charge in [0.2, 0.25) is 5.89 Å². The van der Waals surface area contributed by atoms with Crippen molar-refractivity contribution in [2.45, 2.75) is 19.6 Å². The quantitative estimate of drug-likeness (QED) is 0.752. The predicted molar refractivity (Wildman–Crippen MR) is 87.2 cm³/mol. The third kappa shape index (κ3) is 3.33. The number of carbonyl (C=O) groups excluding carboxylic acids is 1. The number of aliphatic hydroxyl groups excluding tert-OH is 1. The average Bonchev–Trinajstić information content (AvgIpc) is 3.01. The van der Waals surface area contributed by atoms with Crippen LogP contribution in [0, 0.1) is 6.92 Å². The van der Waals surface area contributed by atoms with Gasteiger partial charge in [-0.2, -0.15) is 0 Å². The van der Waals surface area contributed by atoms with Crippen molar-refractivity contribution in [3.8, 4) is 0 Å². The Balaban J connectivity index is 1.95. The minimum atomic E-state index is -0.592. The molecule has 0 aliphatic heterocycles. The molecule has 6 heteroatoms. The highest BCUT2D eigenvalue weighted by Gasteiger charge is 2.24. The van der Waals surface area contributed by atoms with Gasteiger partial charge in [0.25, 0.3) is 5.91 Å². The molecule has 1 aromatic carbocycles. The van der Waals surface area contributed by atoms with Crippen LogP contribution in [0.5, 0.6) is 0 Å². The van der Waals surface area contributed by atoms with Crippen LogP contribution in [-0.2, 0) is 6.61 Å². The summed E-state index contributed by atoms with van der Waals surface area (Å²) in [6, 6.07) is 11.9. The molecular formula is C18H17N3O3. The molecule has 0 saturated carbocycles. The van der Waals surface area contributed by atoms with Crippen LogP contribution < -0.4 is 5.32 Å². The van der Waals surface area contributed by atoms with Crippen molar-refractivity contribution < 1.29 is 14.3 Å². The first kappa shape index (κ1) is 15.9. The van der Waals surface area contributed by atoms with Gasteiger partial charge < -0.3 is 14.8 Å². The van der Waals surface area contributed by atoms with Crippen LogP contribution in [0.3, 0.4) is 0 Å². The number of pyridine rings is 1. The first-order valence-electron chi connectivity index (χ1n) is 7.52. The summed E-state index contributed by atoms with van der Waals surface area (Å²) in [6.45, 7) is 1.50. The predicted octanol–water partition coefficient (Wildman–Crippen LogP) is 2.39. The van der Waals surface area contributed by atoms with E-state index in [-0.39, 0.29) is 12.5 Å². The number of carbonyl (C=O) groups is 1. The van der Waals surface area contributed by atoms with Gasteiger partial charge in [-0.1, -0.05) is 24.3 Å². The van der Waals surface area contributed by atoms with E-state index in [1.54, 1.807) is 49.6 Å². The molecule has 1 unspecified atom stereocenters. The lowest BCUT2D eigenvalue weighted by molar-refractivity contribution is 0.0937. The molecule has 3 rings (SSSR count). The normalized spacial score (nSPS) is 11.9. The molecule has 2 N–H and O–H groups in total. The lowest BCUT2D eigenvalue weighted by atomic mass is 10.1. The van der Waals surface area contributed by atoms with E-state index >= 15 is 0 Å². The Bertz CT molecular complexity index is 816. The summed E-state index contributed by atoms with van der Waals surface area (Å²) in [5.74, 6) is 0.593. The molecule has 24 heavy (non-hydrogen) atoms. The Kier molecular flexibility index (Phi) is 4.67. The van der Waals surface area contributed by atoms with Crippen molar-refractivity contribution in [1.29, 1.82) is 0 Å².